The van der Waals surface area contributed by atoms with Crippen molar-refractivity contribution >= 4 is 11.7 Å². The summed E-state index contributed by atoms with van der Waals surface area (Å²) in [5.74, 6) is 0.974. The molecule has 2 aliphatic rings. The molecule has 0 spiro atoms. The van der Waals surface area contributed by atoms with Crippen molar-refractivity contribution in [2.75, 3.05) is 33.3 Å². The average molecular weight is 392 g/mol. The SMILES string of the molecule is COc1ccc(C(=O)CCCC(=O)N2CCN3CCc4ccccc4C3C2)cc1. The van der Waals surface area contributed by atoms with Crippen LogP contribution in [0.1, 0.15) is 46.8 Å². The first kappa shape index (κ1) is 19.6. The van der Waals surface area contributed by atoms with Gasteiger partial charge >= 0.3 is 0 Å². The molecule has 0 aromatic heterocycles. The summed E-state index contributed by atoms with van der Waals surface area (Å²) < 4.78 is 5.12. The van der Waals surface area contributed by atoms with Gasteiger partial charge in [0.05, 0.1) is 13.2 Å². The van der Waals surface area contributed by atoms with E-state index < -0.39 is 0 Å². The maximum Gasteiger partial charge on any atom is 0.222 e. The summed E-state index contributed by atoms with van der Waals surface area (Å²) in [6.07, 6.45) is 2.50. The van der Waals surface area contributed by atoms with Crippen molar-refractivity contribution in [2.24, 2.45) is 0 Å². The van der Waals surface area contributed by atoms with E-state index in [9.17, 15) is 9.59 Å². The van der Waals surface area contributed by atoms with Crippen LogP contribution in [0.25, 0.3) is 0 Å². The Bertz CT molecular complexity index is 878. The summed E-state index contributed by atoms with van der Waals surface area (Å²) in [5, 5.41) is 0. The molecule has 2 aromatic rings. The summed E-state index contributed by atoms with van der Waals surface area (Å²) in [4.78, 5) is 29.6. The van der Waals surface area contributed by atoms with Crippen molar-refractivity contribution in [3.63, 3.8) is 0 Å². The van der Waals surface area contributed by atoms with Crippen LogP contribution in [0.2, 0.25) is 0 Å². The van der Waals surface area contributed by atoms with Crippen molar-refractivity contribution in [3.8, 4) is 5.75 Å². The highest BCUT2D eigenvalue weighted by Gasteiger charge is 2.33. The molecule has 1 saturated heterocycles. The van der Waals surface area contributed by atoms with E-state index >= 15 is 0 Å². The Balaban J connectivity index is 1.30. The molecule has 5 heteroatoms. The Morgan fingerprint density at radius 1 is 1.00 bits per heavy atom. The van der Waals surface area contributed by atoms with Crippen LogP contribution in [0.5, 0.6) is 5.75 Å². The molecule has 1 atom stereocenters. The van der Waals surface area contributed by atoms with Crippen molar-refractivity contribution in [2.45, 2.75) is 31.7 Å². The van der Waals surface area contributed by atoms with Gasteiger partial charge in [-0.05, 0) is 48.2 Å². The molecule has 0 saturated carbocycles. The number of benzene rings is 2. The van der Waals surface area contributed by atoms with E-state index in [2.05, 4.69) is 29.2 Å². The highest BCUT2D eigenvalue weighted by atomic mass is 16.5. The van der Waals surface area contributed by atoms with Crippen LogP contribution in [0.3, 0.4) is 0 Å². The molecule has 5 nitrogen and oxygen atoms in total. The second-order valence-corrected chi connectivity index (χ2v) is 7.85. The molecule has 1 unspecified atom stereocenters. The molecule has 2 aromatic carbocycles. The number of Topliss-reactive ketones (excluding diaryl/α,β-unsaturated/α-hetero) is 1. The van der Waals surface area contributed by atoms with Crippen LogP contribution >= 0.6 is 0 Å². The zero-order valence-corrected chi connectivity index (χ0v) is 17.0. The monoisotopic (exact) mass is 392 g/mol. The van der Waals surface area contributed by atoms with E-state index in [1.165, 1.54) is 11.1 Å². The van der Waals surface area contributed by atoms with E-state index in [4.69, 9.17) is 4.74 Å². The van der Waals surface area contributed by atoms with Gasteiger partial charge in [-0.2, -0.15) is 0 Å². The van der Waals surface area contributed by atoms with E-state index in [0.717, 1.165) is 38.3 Å². The molecule has 1 amide bonds. The third-order valence-electron chi connectivity index (χ3n) is 6.13. The lowest BCUT2D eigenvalue weighted by Crippen LogP contribution is -2.52. The van der Waals surface area contributed by atoms with Gasteiger partial charge < -0.3 is 9.64 Å². The Morgan fingerprint density at radius 2 is 1.79 bits per heavy atom. The second-order valence-electron chi connectivity index (χ2n) is 7.85. The quantitative estimate of drug-likeness (QED) is 0.706. The number of carbonyl (C=O) groups is 2. The van der Waals surface area contributed by atoms with E-state index in [-0.39, 0.29) is 11.7 Å². The maximum atomic E-state index is 12.8. The molecular formula is C24H28N2O3. The number of ketones is 1. The number of hydrogen-bond acceptors (Lipinski definition) is 4. The van der Waals surface area contributed by atoms with Gasteiger partial charge in [0.25, 0.3) is 0 Å². The Kier molecular flexibility index (Phi) is 5.95. The standard InChI is InChI=1S/C24H28N2O3/c1-29-20-11-9-19(10-12-20)23(27)7-4-8-24(28)26-16-15-25-14-13-18-5-2-3-6-21(18)22(25)17-26/h2-3,5-6,9-12,22H,4,7-8,13-17H2,1H3. The molecule has 0 N–H and O–H groups in total. The normalized spacial score (nSPS) is 18.7. The zero-order chi connectivity index (χ0) is 20.2. The third kappa shape index (κ3) is 4.35. The first-order valence-corrected chi connectivity index (χ1v) is 10.4. The molecule has 0 aliphatic carbocycles. The Labute approximate surface area is 172 Å². The number of hydrogen-bond donors (Lipinski definition) is 0. The molecule has 2 heterocycles. The molecule has 0 radical (unpaired) electrons. The number of nitrogens with zero attached hydrogens (tertiary/aromatic N) is 2. The highest BCUT2D eigenvalue weighted by molar-refractivity contribution is 5.96. The molecule has 29 heavy (non-hydrogen) atoms. The summed E-state index contributed by atoms with van der Waals surface area (Å²) in [7, 11) is 1.61. The van der Waals surface area contributed by atoms with Crippen LogP contribution in [0.4, 0.5) is 0 Å². The minimum Gasteiger partial charge on any atom is -0.497 e. The molecule has 4 rings (SSSR count). The lowest BCUT2D eigenvalue weighted by atomic mass is 9.91. The fourth-order valence-corrected chi connectivity index (χ4v) is 4.44. The van der Waals surface area contributed by atoms with Crippen LogP contribution in [-0.2, 0) is 11.2 Å². The van der Waals surface area contributed by atoms with Gasteiger partial charge in [0.1, 0.15) is 5.75 Å². The predicted octanol–water partition coefficient (Wildman–Crippen LogP) is 3.49. The zero-order valence-electron chi connectivity index (χ0n) is 17.0. The van der Waals surface area contributed by atoms with Gasteiger partial charge in [-0.25, -0.2) is 0 Å². The molecular weight excluding hydrogens is 364 g/mol. The van der Waals surface area contributed by atoms with Crippen LogP contribution in [-0.4, -0.2) is 54.8 Å². The van der Waals surface area contributed by atoms with Crippen molar-refractivity contribution < 1.29 is 14.3 Å². The number of carbonyl (C=O) groups excluding carboxylic acids is 2. The van der Waals surface area contributed by atoms with Gasteiger partial charge in [-0.1, -0.05) is 24.3 Å². The van der Waals surface area contributed by atoms with Crippen LogP contribution in [0, 0.1) is 0 Å². The summed E-state index contributed by atoms with van der Waals surface area (Å²) >= 11 is 0. The summed E-state index contributed by atoms with van der Waals surface area (Å²) in [5.41, 5.74) is 3.45. The predicted molar refractivity (Wildman–Crippen MR) is 112 cm³/mol. The van der Waals surface area contributed by atoms with Gasteiger partial charge in [-0.3, -0.25) is 14.5 Å². The number of piperazine rings is 1. The first-order chi connectivity index (χ1) is 14.2. The van der Waals surface area contributed by atoms with Crippen molar-refractivity contribution in [1.29, 1.82) is 0 Å². The van der Waals surface area contributed by atoms with Crippen molar-refractivity contribution in [3.05, 3.63) is 65.2 Å². The minimum absolute atomic E-state index is 0.0754. The lowest BCUT2D eigenvalue weighted by Gasteiger charge is -2.45. The van der Waals surface area contributed by atoms with E-state index in [1.807, 2.05) is 4.90 Å². The van der Waals surface area contributed by atoms with Gasteiger partial charge in [0.15, 0.2) is 5.78 Å². The maximum absolute atomic E-state index is 12.8. The summed E-state index contributed by atoms with van der Waals surface area (Å²) in [6.45, 7) is 3.53. The number of fused-ring (bicyclic) bond motifs is 3. The number of amides is 1. The Morgan fingerprint density at radius 3 is 2.59 bits per heavy atom. The van der Waals surface area contributed by atoms with Crippen molar-refractivity contribution in [1.82, 2.24) is 9.80 Å². The lowest BCUT2D eigenvalue weighted by molar-refractivity contribution is -0.134. The van der Waals surface area contributed by atoms with Gasteiger partial charge in [0.2, 0.25) is 5.91 Å². The van der Waals surface area contributed by atoms with Gasteiger partial charge in [0, 0.05) is 44.6 Å². The number of methoxy groups -OCH3 is 1. The third-order valence-corrected chi connectivity index (χ3v) is 6.13. The molecule has 1 fully saturated rings. The van der Waals surface area contributed by atoms with Gasteiger partial charge in [-0.15, -0.1) is 0 Å². The summed E-state index contributed by atoms with van der Waals surface area (Å²) in [6, 6.07) is 16.0. The van der Waals surface area contributed by atoms with E-state index in [1.54, 1.807) is 31.4 Å². The highest BCUT2D eigenvalue weighted by Crippen LogP contribution is 2.32. The van der Waals surface area contributed by atoms with Crippen LogP contribution < -0.4 is 4.74 Å². The largest absolute Gasteiger partial charge is 0.497 e. The number of ether oxygens (including phenoxy) is 1. The van der Waals surface area contributed by atoms with Crippen LogP contribution in [0.15, 0.2) is 48.5 Å². The number of rotatable bonds is 6. The van der Waals surface area contributed by atoms with E-state index in [0.29, 0.717) is 30.9 Å². The molecule has 152 valence electrons. The molecule has 2 aliphatic heterocycles. The minimum atomic E-state index is 0.0754. The topological polar surface area (TPSA) is 49.9 Å². The smallest absolute Gasteiger partial charge is 0.222 e. The Hall–Kier alpha value is -2.66. The molecule has 0 bridgehead atoms. The fourth-order valence-electron chi connectivity index (χ4n) is 4.44. The average Bonchev–Trinajstić information content (AvgIpc) is 2.78. The first-order valence-electron chi connectivity index (χ1n) is 10.4. The second kappa shape index (κ2) is 8.78. The fraction of sp³-hybridized carbons (Fsp3) is 0.417.